The minimum atomic E-state index is -1.08. The van der Waals surface area contributed by atoms with Crippen molar-refractivity contribution in [3.8, 4) is 0 Å². The highest BCUT2D eigenvalue weighted by atomic mass is 19.1. The van der Waals surface area contributed by atoms with Crippen LogP contribution in [0.15, 0.2) is 42.5 Å². The first-order valence-electron chi connectivity index (χ1n) is 7.37. The summed E-state index contributed by atoms with van der Waals surface area (Å²) in [5.74, 6) is 0.216. The van der Waals surface area contributed by atoms with E-state index in [1.165, 1.54) is 11.6 Å². The van der Waals surface area contributed by atoms with E-state index in [1.807, 2.05) is 12.1 Å². The van der Waals surface area contributed by atoms with Gasteiger partial charge in [-0.3, -0.25) is 0 Å². The molecule has 1 unspecified atom stereocenters. The molecule has 0 bridgehead atoms. The molecule has 0 radical (unpaired) electrons. The van der Waals surface area contributed by atoms with E-state index in [-0.39, 0.29) is 5.82 Å². The molecule has 1 atom stereocenters. The Morgan fingerprint density at radius 2 is 1.71 bits per heavy atom. The topological polar surface area (TPSA) is 20.2 Å². The quantitative estimate of drug-likeness (QED) is 0.863. The van der Waals surface area contributed by atoms with Crippen LogP contribution in [0, 0.1) is 12.7 Å². The number of benzene rings is 2. The molecule has 0 aromatic heterocycles. The summed E-state index contributed by atoms with van der Waals surface area (Å²) < 4.78 is 13.7. The van der Waals surface area contributed by atoms with Crippen LogP contribution in [-0.2, 0) is 12.0 Å². The molecule has 0 saturated carbocycles. The zero-order valence-corrected chi connectivity index (χ0v) is 13.2. The first kappa shape index (κ1) is 15.7. The molecule has 0 aliphatic carbocycles. The van der Waals surface area contributed by atoms with Crippen molar-refractivity contribution < 1.29 is 9.50 Å². The summed E-state index contributed by atoms with van der Waals surface area (Å²) in [6, 6.07) is 13.2. The summed E-state index contributed by atoms with van der Waals surface area (Å²) >= 11 is 0. The van der Waals surface area contributed by atoms with Gasteiger partial charge in [-0.1, -0.05) is 50.2 Å². The molecule has 1 N–H and O–H groups in total. The third kappa shape index (κ3) is 3.70. The van der Waals surface area contributed by atoms with Crippen LogP contribution in [0.5, 0.6) is 0 Å². The Kier molecular flexibility index (Phi) is 4.48. The standard InChI is InChI=1S/C19H23FO/c1-13(2)16-8-6-15(7-9-16)12-19(4,21)17-10-5-14(3)18(20)11-17/h5-11,13,21H,12H2,1-4H3. The van der Waals surface area contributed by atoms with Gasteiger partial charge in [-0.05, 0) is 48.1 Å². The highest BCUT2D eigenvalue weighted by Crippen LogP contribution is 2.27. The number of aryl methyl sites for hydroxylation is 1. The fourth-order valence-corrected chi connectivity index (χ4v) is 2.45. The third-order valence-electron chi connectivity index (χ3n) is 3.99. The fraction of sp³-hybridized carbons (Fsp3) is 0.368. The van der Waals surface area contributed by atoms with Gasteiger partial charge in [0.15, 0.2) is 0 Å². The zero-order valence-electron chi connectivity index (χ0n) is 13.2. The molecule has 0 heterocycles. The van der Waals surface area contributed by atoms with Gasteiger partial charge < -0.3 is 5.11 Å². The minimum absolute atomic E-state index is 0.275. The minimum Gasteiger partial charge on any atom is -0.385 e. The van der Waals surface area contributed by atoms with Gasteiger partial charge in [0.25, 0.3) is 0 Å². The lowest BCUT2D eigenvalue weighted by Crippen LogP contribution is -2.24. The summed E-state index contributed by atoms with van der Waals surface area (Å²) in [5.41, 5.74) is 2.45. The van der Waals surface area contributed by atoms with E-state index in [0.717, 1.165) is 5.56 Å². The van der Waals surface area contributed by atoms with Crippen molar-refractivity contribution in [2.75, 3.05) is 0 Å². The van der Waals surface area contributed by atoms with Gasteiger partial charge in [0.05, 0.1) is 5.60 Å². The van der Waals surface area contributed by atoms with E-state index in [1.54, 1.807) is 26.0 Å². The lowest BCUT2D eigenvalue weighted by atomic mass is 9.88. The molecule has 112 valence electrons. The summed E-state index contributed by atoms with van der Waals surface area (Å²) in [6.07, 6.45) is 0.466. The highest BCUT2D eigenvalue weighted by Gasteiger charge is 2.24. The molecule has 1 nitrogen and oxygen atoms in total. The van der Waals surface area contributed by atoms with Gasteiger partial charge in [-0.15, -0.1) is 0 Å². The lowest BCUT2D eigenvalue weighted by Gasteiger charge is -2.24. The number of rotatable bonds is 4. The largest absolute Gasteiger partial charge is 0.385 e. The molecule has 0 saturated heterocycles. The Balaban J connectivity index is 2.21. The van der Waals surface area contributed by atoms with Gasteiger partial charge in [0.1, 0.15) is 5.82 Å². The van der Waals surface area contributed by atoms with Crippen LogP contribution in [0.2, 0.25) is 0 Å². The first-order valence-corrected chi connectivity index (χ1v) is 7.37. The predicted molar refractivity (Wildman–Crippen MR) is 84.9 cm³/mol. The SMILES string of the molecule is Cc1ccc(C(C)(O)Cc2ccc(C(C)C)cc2)cc1F. The van der Waals surface area contributed by atoms with Crippen LogP contribution in [0.4, 0.5) is 4.39 Å². The number of hydrogen-bond acceptors (Lipinski definition) is 1. The van der Waals surface area contributed by atoms with E-state index >= 15 is 0 Å². The van der Waals surface area contributed by atoms with E-state index in [9.17, 15) is 9.50 Å². The Bertz CT molecular complexity index is 612. The summed E-state index contributed by atoms with van der Waals surface area (Å²) in [7, 11) is 0. The summed E-state index contributed by atoms with van der Waals surface area (Å²) in [4.78, 5) is 0. The van der Waals surface area contributed by atoms with E-state index in [4.69, 9.17) is 0 Å². The first-order chi connectivity index (χ1) is 9.79. The van der Waals surface area contributed by atoms with E-state index < -0.39 is 5.60 Å². The van der Waals surface area contributed by atoms with Gasteiger partial charge in [0.2, 0.25) is 0 Å². The molecular formula is C19H23FO. The summed E-state index contributed by atoms with van der Waals surface area (Å²) in [6.45, 7) is 7.76. The Labute approximate surface area is 126 Å². The maximum atomic E-state index is 13.7. The highest BCUT2D eigenvalue weighted by molar-refractivity contribution is 5.31. The van der Waals surface area contributed by atoms with E-state index in [0.29, 0.717) is 23.5 Å². The molecule has 2 aromatic carbocycles. The van der Waals surface area contributed by atoms with Gasteiger partial charge >= 0.3 is 0 Å². The van der Waals surface area contributed by atoms with E-state index in [2.05, 4.69) is 26.0 Å². The fourth-order valence-electron chi connectivity index (χ4n) is 2.45. The molecular weight excluding hydrogens is 263 g/mol. The second-order valence-corrected chi connectivity index (χ2v) is 6.31. The molecule has 0 aliphatic heterocycles. The van der Waals surface area contributed by atoms with Crippen molar-refractivity contribution in [3.05, 3.63) is 70.5 Å². The van der Waals surface area contributed by atoms with Crippen molar-refractivity contribution in [3.63, 3.8) is 0 Å². The lowest BCUT2D eigenvalue weighted by molar-refractivity contribution is 0.0573. The number of aliphatic hydroxyl groups is 1. The molecule has 0 spiro atoms. The maximum absolute atomic E-state index is 13.7. The van der Waals surface area contributed by atoms with Crippen LogP contribution in [0.1, 0.15) is 48.9 Å². The molecule has 2 heteroatoms. The molecule has 0 fully saturated rings. The Hall–Kier alpha value is -1.67. The van der Waals surface area contributed by atoms with Crippen LogP contribution >= 0.6 is 0 Å². The van der Waals surface area contributed by atoms with Crippen molar-refractivity contribution in [2.24, 2.45) is 0 Å². The van der Waals surface area contributed by atoms with Crippen LogP contribution in [0.25, 0.3) is 0 Å². The molecule has 0 aliphatic rings. The van der Waals surface area contributed by atoms with Crippen LogP contribution < -0.4 is 0 Å². The smallest absolute Gasteiger partial charge is 0.126 e. The average molecular weight is 286 g/mol. The second kappa shape index (κ2) is 5.98. The normalized spacial score (nSPS) is 14.2. The maximum Gasteiger partial charge on any atom is 0.126 e. The molecule has 0 amide bonds. The van der Waals surface area contributed by atoms with Crippen molar-refractivity contribution in [1.29, 1.82) is 0 Å². The number of hydrogen-bond donors (Lipinski definition) is 1. The molecule has 21 heavy (non-hydrogen) atoms. The van der Waals surface area contributed by atoms with Crippen LogP contribution in [0.3, 0.4) is 0 Å². The van der Waals surface area contributed by atoms with Crippen molar-refractivity contribution >= 4 is 0 Å². The third-order valence-corrected chi connectivity index (χ3v) is 3.99. The molecule has 2 rings (SSSR count). The zero-order chi connectivity index (χ0) is 15.6. The van der Waals surface area contributed by atoms with Gasteiger partial charge in [-0.25, -0.2) is 4.39 Å². The van der Waals surface area contributed by atoms with Gasteiger partial charge in [0, 0.05) is 6.42 Å². The van der Waals surface area contributed by atoms with Crippen LogP contribution in [-0.4, -0.2) is 5.11 Å². The Morgan fingerprint density at radius 3 is 2.24 bits per heavy atom. The van der Waals surface area contributed by atoms with Crippen molar-refractivity contribution in [2.45, 2.75) is 45.6 Å². The summed E-state index contributed by atoms with van der Waals surface area (Å²) in [5, 5.41) is 10.7. The molecule has 2 aromatic rings. The van der Waals surface area contributed by atoms with Gasteiger partial charge in [-0.2, -0.15) is 0 Å². The predicted octanol–water partition coefficient (Wildman–Crippen LogP) is 4.71. The monoisotopic (exact) mass is 286 g/mol. The Morgan fingerprint density at radius 1 is 1.10 bits per heavy atom. The number of halogens is 1. The second-order valence-electron chi connectivity index (χ2n) is 6.31. The van der Waals surface area contributed by atoms with Crippen molar-refractivity contribution in [1.82, 2.24) is 0 Å². The average Bonchev–Trinajstić information content (AvgIpc) is 2.42.